The normalized spacial score (nSPS) is 11.2. The molecule has 2 aromatic rings. The molecule has 0 spiro atoms. The van der Waals surface area contributed by atoms with Crippen molar-refractivity contribution in [3.8, 4) is 0 Å². The number of rotatable bonds is 4. The van der Waals surface area contributed by atoms with Gasteiger partial charge in [0.05, 0.1) is 10.6 Å². The summed E-state index contributed by atoms with van der Waals surface area (Å²) in [4.78, 5) is 22.2. The van der Waals surface area contributed by atoms with Gasteiger partial charge in [-0.3, -0.25) is 14.9 Å². The maximum Gasteiger partial charge on any atom is 0.271 e. The van der Waals surface area contributed by atoms with Crippen molar-refractivity contribution >= 4 is 33.2 Å². The van der Waals surface area contributed by atoms with E-state index in [1.165, 1.54) is 12.1 Å². The zero-order valence-electron chi connectivity index (χ0n) is 12.5. The molecule has 1 N–H and O–H groups in total. The molecule has 0 aliphatic carbocycles. The van der Waals surface area contributed by atoms with Gasteiger partial charge in [0.25, 0.3) is 11.6 Å². The molecule has 0 heterocycles. The molecule has 1 amide bonds. The van der Waals surface area contributed by atoms with Crippen molar-refractivity contribution < 1.29 is 9.72 Å². The maximum absolute atomic E-state index is 12.1. The highest BCUT2D eigenvalue weighted by Gasteiger charge is 2.08. The first-order valence-corrected chi connectivity index (χ1v) is 7.53. The van der Waals surface area contributed by atoms with Crippen LogP contribution in [-0.2, 0) is 0 Å². The summed E-state index contributed by atoms with van der Waals surface area (Å²) in [7, 11) is 0. The summed E-state index contributed by atoms with van der Waals surface area (Å²) >= 11 is 3.38. The zero-order chi connectivity index (χ0) is 17.0. The van der Waals surface area contributed by atoms with Crippen molar-refractivity contribution in [3.05, 3.63) is 73.7 Å². The molecule has 0 aliphatic heterocycles. The average molecular weight is 376 g/mol. The quantitative estimate of drug-likeness (QED) is 0.500. The number of hydrazone groups is 1. The standard InChI is InChI=1S/C16H14BrN3O3/c1-10-3-4-13(9-15(10)17)16(21)19-18-11(2)12-5-7-14(8-6-12)20(22)23/h3-9H,1-2H3,(H,19,21)/b18-11-. The smallest absolute Gasteiger partial charge is 0.267 e. The third-order valence-electron chi connectivity index (χ3n) is 3.26. The third-order valence-corrected chi connectivity index (χ3v) is 4.11. The molecule has 0 saturated heterocycles. The number of carbonyl (C=O) groups is 1. The number of nitro benzene ring substituents is 1. The molecule has 23 heavy (non-hydrogen) atoms. The molecule has 0 atom stereocenters. The van der Waals surface area contributed by atoms with Crippen LogP contribution in [0.25, 0.3) is 0 Å². The zero-order valence-corrected chi connectivity index (χ0v) is 14.1. The van der Waals surface area contributed by atoms with E-state index in [4.69, 9.17) is 0 Å². The summed E-state index contributed by atoms with van der Waals surface area (Å²) in [6.07, 6.45) is 0. The Bertz CT molecular complexity index is 786. The van der Waals surface area contributed by atoms with Crippen molar-refractivity contribution in [1.29, 1.82) is 0 Å². The second kappa shape index (κ2) is 7.15. The second-order valence-corrected chi connectivity index (χ2v) is 5.76. The lowest BCUT2D eigenvalue weighted by molar-refractivity contribution is -0.384. The van der Waals surface area contributed by atoms with Crippen LogP contribution < -0.4 is 5.43 Å². The van der Waals surface area contributed by atoms with Crippen molar-refractivity contribution in [2.24, 2.45) is 5.10 Å². The molecule has 6 nitrogen and oxygen atoms in total. The molecule has 0 aromatic heterocycles. The molecule has 2 rings (SSSR count). The molecule has 2 aromatic carbocycles. The minimum atomic E-state index is -0.465. The van der Waals surface area contributed by atoms with Crippen LogP contribution in [-0.4, -0.2) is 16.5 Å². The van der Waals surface area contributed by atoms with Crippen LogP contribution in [0.4, 0.5) is 5.69 Å². The van der Waals surface area contributed by atoms with E-state index in [0.717, 1.165) is 10.0 Å². The number of benzene rings is 2. The lowest BCUT2D eigenvalue weighted by Gasteiger charge is -2.05. The number of hydrogen-bond donors (Lipinski definition) is 1. The van der Waals surface area contributed by atoms with Crippen molar-refractivity contribution in [1.82, 2.24) is 5.43 Å². The van der Waals surface area contributed by atoms with Crippen molar-refractivity contribution in [3.63, 3.8) is 0 Å². The number of amides is 1. The largest absolute Gasteiger partial charge is 0.271 e. The Morgan fingerprint density at radius 1 is 1.17 bits per heavy atom. The Labute approximate surface area is 141 Å². The molecule has 0 radical (unpaired) electrons. The number of nitrogens with zero attached hydrogens (tertiary/aromatic N) is 2. The van der Waals surface area contributed by atoms with Crippen LogP contribution in [0, 0.1) is 17.0 Å². The van der Waals surface area contributed by atoms with Crippen LogP contribution in [0.2, 0.25) is 0 Å². The van der Waals surface area contributed by atoms with Crippen LogP contribution in [0.1, 0.15) is 28.4 Å². The molecule has 0 unspecified atom stereocenters. The first kappa shape index (κ1) is 16.8. The van der Waals surface area contributed by atoms with Crippen molar-refractivity contribution in [2.45, 2.75) is 13.8 Å². The van der Waals surface area contributed by atoms with Gasteiger partial charge < -0.3 is 0 Å². The summed E-state index contributed by atoms with van der Waals surface area (Å²) in [5.74, 6) is -0.327. The number of hydrogen-bond acceptors (Lipinski definition) is 4. The van der Waals surface area contributed by atoms with Gasteiger partial charge in [0, 0.05) is 22.2 Å². The van der Waals surface area contributed by atoms with Crippen LogP contribution in [0.5, 0.6) is 0 Å². The van der Waals surface area contributed by atoms with Gasteiger partial charge >= 0.3 is 0 Å². The molecule has 0 fully saturated rings. The van der Waals surface area contributed by atoms with E-state index in [1.807, 2.05) is 13.0 Å². The van der Waals surface area contributed by atoms with E-state index in [2.05, 4.69) is 26.5 Å². The van der Waals surface area contributed by atoms with E-state index in [-0.39, 0.29) is 11.6 Å². The van der Waals surface area contributed by atoms with Gasteiger partial charge in [-0.1, -0.05) is 22.0 Å². The van der Waals surface area contributed by atoms with E-state index in [0.29, 0.717) is 16.8 Å². The summed E-state index contributed by atoms with van der Waals surface area (Å²) < 4.78 is 0.848. The average Bonchev–Trinajstić information content (AvgIpc) is 2.54. The Morgan fingerprint density at radius 3 is 2.35 bits per heavy atom. The summed E-state index contributed by atoms with van der Waals surface area (Å²) in [5, 5.41) is 14.6. The first-order chi connectivity index (χ1) is 10.9. The Balaban J connectivity index is 2.10. The van der Waals surface area contributed by atoms with E-state index in [9.17, 15) is 14.9 Å². The van der Waals surface area contributed by atoms with Gasteiger partial charge in [-0.05, 0) is 49.2 Å². The number of non-ortho nitro benzene ring substituents is 1. The molecule has 0 saturated carbocycles. The first-order valence-electron chi connectivity index (χ1n) is 6.74. The topological polar surface area (TPSA) is 84.6 Å². The lowest BCUT2D eigenvalue weighted by Crippen LogP contribution is -2.19. The van der Waals surface area contributed by atoms with Gasteiger partial charge in [-0.25, -0.2) is 5.43 Å². The molecular formula is C16H14BrN3O3. The molecule has 118 valence electrons. The maximum atomic E-state index is 12.1. The molecule has 0 bridgehead atoms. The Hall–Kier alpha value is -2.54. The predicted octanol–water partition coefficient (Wildman–Crippen LogP) is 3.82. The summed E-state index contributed by atoms with van der Waals surface area (Å²) in [6.45, 7) is 3.65. The third kappa shape index (κ3) is 4.23. The van der Waals surface area contributed by atoms with Gasteiger partial charge in [-0.2, -0.15) is 5.10 Å². The van der Waals surface area contributed by atoms with Gasteiger partial charge in [0.1, 0.15) is 0 Å². The highest BCUT2D eigenvalue weighted by atomic mass is 79.9. The summed E-state index contributed by atoms with van der Waals surface area (Å²) in [5.41, 5.74) is 5.26. The van der Waals surface area contributed by atoms with Gasteiger partial charge in [0.15, 0.2) is 0 Å². The van der Waals surface area contributed by atoms with Gasteiger partial charge in [-0.15, -0.1) is 0 Å². The Morgan fingerprint density at radius 2 is 1.78 bits per heavy atom. The van der Waals surface area contributed by atoms with E-state index < -0.39 is 4.92 Å². The van der Waals surface area contributed by atoms with Gasteiger partial charge in [0.2, 0.25) is 0 Å². The second-order valence-electron chi connectivity index (χ2n) is 4.91. The van der Waals surface area contributed by atoms with Crippen LogP contribution in [0.3, 0.4) is 0 Å². The molecule has 7 heteroatoms. The van der Waals surface area contributed by atoms with E-state index in [1.54, 1.807) is 31.2 Å². The molecule has 0 aliphatic rings. The number of halogens is 1. The van der Waals surface area contributed by atoms with Crippen molar-refractivity contribution in [2.75, 3.05) is 0 Å². The predicted molar refractivity (Wildman–Crippen MR) is 91.7 cm³/mol. The highest BCUT2D eigenvalue weighted by molar-refractivity contribution is 9.10. The minimum absolute atomic E-state index is 0.00934. The number of nitro groups is 1. The highest BCUT2D eigenvalue weighted by Crippen LogP contribution is 2.17. The van der Waals surface area contributed by atoms with E-state index >= 15 is 0 Å². The van der Waals surface area contributed by atoms with Crippen LogP contribution in [0.15, 0.2) is 52.0 Å². The number of carbonyl (C=O) groups excluding carboxylic acids is 1. The van der Waals surface area contributed by atoms with Crippen LogP contribution >= 0.6 is 15.9 Å². The monoisotopic (exact) mass is 375 g/mol. The fourth-order valence-corrected chi connectivity index (χ4v) is 2.20. The SMILES string of the molecule is C/C(=N/NC(=O)c1ccc(C)c(Br)c1)c1ccc([N+](=O)[O-])cc1. The molecular weight excluding hydrogens is 362 g/mol. The number of aryl methyl sites for hydroxylation is 1. The fraction of sp³-hybridized carbons (Fsp3) is 0.125. The Kier molecular flexibility index (Phi) is 5.23. The lowest BCUT2D eigenvalue weighted by atomic mass is 10.1. The summed E-state index contributed by atoms with van der Waals surface area (Å²) in [6, 6.07) is 11.2. The minimum Gasteiger partial charge on any atom is -0.267 e. The number of nitrogens with one attached hydrogen (secondary N) is 1. The fourth-order valence-electron chi connectivity index (χ4n) is 1.82.